The van der Waals surface area contributed by atoms with Gasteiger partial charge in [0.05, 0.1) is 7.11 Å². The SMILES string of the molecule is CCCCC(CC(=O)NOC)C(C)=O. The van der Waals surface area contributed by atoms with E-state index in [1.54, 1.807) is 0 Å². The fourth-order valence-electron chi connectivity index (χ4n) is 1.28. The molecule has 0 radical (unpaired) electrons. The molecule has 0 aromatic heterocycles. The molecule has 0 bridgehead atoms. The van der Waals surface area contributed by atoms with E-state index in [2.05, 4.69) is 17.2 Å². The van der Waals surface area contributed by atoms with Crippen LogP contribution in [-0.4, -0.2) is 18.8 Å². The van der Waals surface area contributed by atoms with Crippen molar-refractivity contribution < 1.29 is 14.4 Å². The van der Waals surface area contributed by atoms with Crippen molar-refractivity contribution in [2.24, 2.45) is 5.92 Å². The first-order valence-electron chi connectivity index (χ1n) is 4.94. The van der Waals surface area contributed by atoms with Gasteiger partial charge in [0.2, 0.25) is 5.91 Å². The van der Waals surface area contributed by atoms with Crippen molar-refractivity contribution in [1.29, 1.82) is 0 Å². The first-order chi connectivity index (χ1) is 6.61. The summed E-state index contributed by atoms with van der Waals surface area (Å²) in [5.74, 6) is -0.321. The second kappa shape index (κ2) is 7.50. The molecule has 0 heterocycles. The highest BCUT2D eigenvalue weighted by atomic mass is 16.6. The molecule has 0 rings (SSSR count). The quantitative estimate of drug-likeness (QED) is 0.634. The summed E-state index contributed by atoms with van der Waals surface area (Å²) >= 11 is 0. The lowest BCUT2D eigenvalue weighted by atomic mass is 9.94. The molecule has 0 aromatic carbocycles. The second-order valence-corrected chi connectivity index (χ2v) is 3.38. The molecule has 0 aliphatic heterocycles. The number of carbonyl (C=O) groups is 2. The zero-order valence-electron chi connectivity index (χ0n) is 9.13. The minimum Gasteiger partial charge on any atom is -0.300 e. The van der Waals surface area contributed by atoms with Crippen molar-refractivity contribution in [2.45, 2.75) is 39.5 Å². The van der Waals surface area contributed by atoms with E-state index >= 15 is 0 Å². The van der Waals surface area contributed by atoms with Crippen molar-refractivity contribution in [1.82, 2.24) is 5.48 Å². The molecular weight excluding hydrogens is 182 g/mol. The lowest BCUT2D eigenvalue weighted by Crippen LogP contribution is -2.26. The van der Waals surface area contributed by atoms with Gasteiger partial charge in [-0.3, -0.25) is 14.4 Å². The monoisotopic (exact) mass is 201 g/mol. The number of nitrogens with one attached hydrogen (secondary N) is 1. The molecule has 0 spiro atoms. The number of carbonyl (C=O) groups excluding carboxylic acids is 2. The van der Waals surface area contributed by atoms with Crippen LogP contribution in [0.5, 0.6) is 0 Å². The van der Waals surface area contributed by atoms with Gasteiger partial charge in [0.15, 0.2) is 0 Å². The molecule has 0 aliphatic carbocycles. The second-order valence-electron chi connectivity index (χ2n) is 3.38. The van der Waals surface area contributed by atoms with Crippen LogP contribution in [0.1, 0.15) is 39.5 Å². The first kappa shape index (κ1) is 13.1. The molecule has 0 saturated carbocycles. The number of hydrogen-bond donors (Lipinski definition) is 1. The van der Waals surface area contributed by atoms with Gasteiger partial charge in [0.25, 0.3) is 0 Å². The van der Waals surface area contributed by atoms with Crippen molar-refractivity contribution >= 4 is 11.7 Å². The Labute approximate surface area is 85.0 Å². The molecule has 1 atom stereocenters. The van der Waals surface area contributed by atoms with Crippen LogP contribution in [0.15, 0.2) is 0 Å². The lowest BCUT2D eigenvalue weighted by Gasteiger charge is -2.12. The minimum absolute atomic E-state index is 0.0738. The summed E-state index contributed by atoms with van der Waals surface area (Å²) in [4.78, 5) is 26.8. The number of Topliss-reactive ketones (excluding diaryl/α,β-unsaturated/α-hetero) is 1. The Morgan fingerprint density at radius 2 is 2.07 bits per heavy atom. The first-order valence-corrected chi connectivity index (χ1v) is 4.94. The van der Waals surface area contributed by atoms with Gasteiger partial charge >= 0.3 is 0 Å². The predicted octanol–water partition coefficient (Wildman–Crippen LogP) is 1.45. The Kier molecular flexibility index (Phi) is 7.02. The number of hydrogen-bond acceptors (Lipinski definition) is 3. The van der Waals surface area contributed by atoms with Crippen molar-refractivity contribution in [3.8, 4) is 0 Å². The summed E-state index contributed by atoms with van der Waals surface area (Å²) < 4.78 is 0. The summed E-state index contributed by atoms with van der Waals surface area (Å²) in [6, 6.07) is 0. The highest BCUT2D eigenvalue weighted by Gasteiger charge is 2.17. The van der Waals surface area contributed by atoms with Gasteiger partial charge in [-0.1, -0.05) is 19.8 Å². The van der Waals surface area contributed by atoms with Crippen LogP contribution in [0, 0.1) is 5.92 Å². The Morgan fingerprint density at radius 3 is 2.50 bits per heavy atom. The Bertz CT molecular complexity index is 192. The van der Waals surface area contributed by atoms with E-state index in [1.807, 2.05) is 0 Å². The third-order valence-electron chi connectivity index (χ3n) is 2.13. The molecule has 4 nitrogen and oxygen atoms in total. The molecule has 0 aromatic rings. The fourth-order valence-corrected chi connectivity index (χ4v) is 1.28. The number of amides is 1. The van der Waals surface area contributed by atoms with Gasteiger partial charge in [-0.25, -0.2) is 5.48 Å². The van der Waals surface area contributed by atoms with Gasteiger partial charge in [-0.15, -0.1) is 0 Å². The van der Waals surface area contributed by atoms with Crippen molar-refractivity contribution in [3.05, 3.63) is 0 Å². The van der Waals surface area contributed by atoms with E-state index in [0.29, 0.717) is 0 Å². The van der Waals surface area contributed by atoms with E-state index in [-0.39, 0.29) is 24.0 Å². The third kappa shape index (κ3) is 5.70. The Hall–Kier alpha value is -0.900. The van der Waals surface area contributed by atoms with Gasteiger partial charge in [-0.2, -0.15) is 0 Å². The Balaban J connectivity index is 3.95. The van der Waals surface area contributed by atoms with Crippen LogP contribution in [0.3, 0.4) is 0 Å². The fraction of sp³-hybridized carbons (Fsp3) is 0.800. The summed E-state index contributed by atoms with van der Waals surface area (Å²) in [6.07, 6.45) is 3.02. The smallest absolute Gasteiger partial charge is 0.244 e. The molecular formula is C10H19NO3. The predicted molar refractivity (Wildman–Crippen MR) is 53.5 cm³/mol. The topological polar surface area (TPSA) is 55.4 Å². The van der Waals surface area contributed by atoms with Crippen LogP contribution < -0.4 is 5.48 Å². The highest BCUT2D eigenvalue weighted by molar-refractivity contribution is 5.85. The zero-order valence-corrected chi connectivity index (χ0v) is 9.13. The van der Waals surface area contributed by atoms with Gasteiger partial charge in [0, 0.05) is 12.3 Å². The van der Waals surface area contributed by atoms with Gasteiger partial charge in [-0.05, 0) is 13.3 Å². The molecule has 14 heavy (non-hydrogen) atoms. The number of hydroxylamine groups is 1. The minimum atomic E-state index is -0.233. The van der Waals surface area contributed by atoms with Crippen LogP contribution in [-0.2, 0) is 14.4 Å². The number of ketones is 1. The van der Waals surface area contributed by atoms with Crippen LogP contribution >= 0.6 is 0 Å². The van der Waals surface area contributed by atoms with E-state index in [1.165, 1.54) is 14.0 Å². The van der Waals surface area contributed by atoms with Gasteiger partial charge < -0.3 is 0 Å². The molecule has 82 valence electrons. The maximum atomic E-state index is 11.2. The molecule has 1 unspecified atom stereocenters. The van der Waals surface area contributed by atoms with Crippen molar-refractivity contribution in [2.75, 3.05) is 7.11 Å². The maximum Gasteiger partial charge on any atom is 0.244 e. The normalized spacial score (nSPS) is 12.2. The highest BCUT2D eigenvalue weighted by Crippen LogP contribution is 2.13. The summed E-state index contributed by atoms with van der Waals surface area (Å²) in [7, 11) is 1.38. The maximum absolute atomic E-state index is 11.2. The zero-order chi connectivity index (χ0) is 11.0. The Morgan fingerprint density at radius 1 is 1.43 bits per heavy atom. The van der Waals surface area contributed by atoms with Gasteiger partial charge in [0.1, 0.15) is 5.78 Å². The molecule has 0 fully saturated rings. The largest absolute Gasteiger partial charge is 0.300 e. The van der Waals surface area contributed by atoms with Crippen molar-refractivity contribution in [3.63, 3.8) is 0 Å². The third-order valence-corrected chi connectivity index (χ3v) is 2.13. The molecule has 0 saturated heterocycles. The lowest BCUT2D eigenvalue weighted by molar-refractivity contribution is -0.135. The van der Waals surface area contributed by atoms with Crippen LogP contribution in [0.2, 0.25) is 0 Å². The van der Waals surface area contributed by atoms with E-state index in [4.69, 9.17) is 0 Å². The van der Waals surface area contributed by atoms with E-state index in [9.17, 15) is 9.59 Å². The summed E-state index contributed by atoms with van der Waals surface area (Å²) in [6.45, 7) is 3.59. The molecule has 4 heteroatoms. The van der Waals surface area contributed by atoms with E-state index < -0.39 is 0 Å². The summed E-state index contributed by atoms with van der Waals surface area (Å²) in [5.41, 5.74) is 2.22. The average Bonchev–Trinajstić information content (AvgIpc) is 2.12. The number of rotatable bonds is 7. The number of unbranched alkanes of at least 4 members (excludes halogenated alkanes) is 1. The summed E-state index contributed by atoms with van der Waals surface area (Å²) in [5, 5.41) is 0. The molecule has 0 aliphatic rings. The standard InChI is InChI=1S/C10H19NO3/c1-4-5-6-9(8(2)12)7-10(13)11-14-3/h9H,4-7H2,1-3H3,(H,11,13). The van der Waals surface area contributed by atoms with Crippen LogP contribution in [0.25, 0.3) is 0 Å². The molecule has 1 amide bonds. The van der Waals surface area contributed by atoms with E-state index in [0.717, 1.165) is 19.3 Å². The molecule has 1 N–H and O–H groups in total. The average molecular weight is 201 g/mol. The van der Waals surface area contributed by atoms with Crippen LogP contribution in [0.4, 0.5) is 0 Å².